The minimum absolute atomic E-state index is 0.0278. The third-order valence-corrected chi connectivity index (χ3v) is 1.82. The van der Waals surface area contributed by atoms with E-state index in [1.165, 1.54) is 0 Å². The Bertz CT molecular complexity index is 236. The molecule has 0 aliphatic carbocycles. The second-order valence-electron chi connectivity index (χ2n) is 3.61. The second kappa shape index (κ2) is 3.17. The number of nitrogens with zero attached hydrogens (tertiary/aromatic N) is 2. The van der Waals surface area contributed by atoms with E-state index in [1.54, 1.807) is 0 Å². The Hall–Kier alpha value is -0.990. The fraction of sp³-hybridized carbons (Fsp3) is 0.667. The van der Waals surface area contributed by atoms with Crippen molar-refractivity contribution in [3.8, 4) is 0 Å². The molecular weight excluding hydrogens is 152 g/mol. The molecule has 0 saturated heterocycles. The van der Waals surface area contributed by atoms with Gasteiger partial charge >= 0.3 is 0 Å². The number of rotatable bonds is 2. The van der Waals surface area contributed by atoms with Crippen molar-refractivity contribution in [1.29, 1.82) is 0 Å². The normalized spacial score (nSPS) is 17.3. The maximum atomic E-state index is 11.5. The third-order valence-electron chi connectivity index (χ3n) is 1.82. The second-order valence-corrected chi connectivity index (χ2v) is 3.61. The maximum Gasteiger partial charge on any atom is 0.225 e. The van der Waals surface area contributed by atoms with Crippen molar-refractivity contribution in [2.24, 2.45) is 22.0 Å². The molecule has 0 spiro atoms. The summed E-state index contributed by atoms with van der Waals surface area (Å²) in [5.41, 5.74) is 1.19. The number of ketones is 1. The summed E-state index contributed by atoms with van der Waals surface area (Å²) in [6.07, 6.45) is 0. The average Bonchev–Trinajstić information content (AvgIpc) is 2.30. The van der Waals surface area contributed by atoms with E-state index < -0.39 is 0 Å². The highest BCUT2D eigenvalue weighted by Gasteiger charge is 2.27. The van der Waals surface area contributed by atoms with Crippen LogP contribution in [0.15, 0.2) is 10.2 Å². The Morgan fingerprint density at radius 1 is 0.917 bits per heavy atom. The van der Waals surface area contributed by atoms with Gasteiger partial charge in [0.2, 0.25) is 5.78 Å². The summed E-state index contributed by atoms with van der Waals surface area (Å²) in [5, 5.41) is 7.75. The zero-order chi connectivity index (χ0) is 9.30. The topological polar surface area (TPSA) is 41.8 Å². The molecule has 1 heterocycles. The summed E-state index contributed by atoms with van der Waals surface area (Å²) < 4.78 is 0. The first kappa shape index (κ1) is 9.10. The van der Waals surface area contributed by atoms with Crippen molar-refractivity contribution in [2.45, 2.75) is 27.7 Å². The Kier molecular flexibility index (Phi) is 2.40. The van der Waals surface area contributed by atoms with Gasteiger partial charge in [-0.15, -0.1) is 0 Å². The van der Waals surface area contributed by atoms with Gasteiger partial charge < -0.3 is 0 Å². The number of carbonyl (C=O) groups is 1. The van der Waals surface area contributed by atoms with E-state index in [0.717, 1.165) is 0 Å². The van der Waals surface area contributed by atoms with Gasteiger partial charge in [0.1, 0.15) is 11.4 Å². The fourth-order valence-corrected chi connectivity index (χ4v) is 1.09. The molecule has 0 atom stereocenters. The van der Waals surface area contributed by atoms with Crippen LogP contribution >= 0.6 is 0 Å². The summed E-state index contributed by atoms with van der Waals surface area (Å²) >= 11 is 0. The van der Waals surface area contributed by atoms with Crippen LogP contribution < -0.4 is 0 Å². The molecule has 1 rings (SSSR count). The SMILES string of the molecule is CC(C)C1=NN=C(C(C)C)C1=O. The number of carbonyl (C=O) groups excluding carboxylic acids is 1. The first-order chi connectivity index (χ1) is 5.54. The predicted molar refractivity (Wildman–Crippen MR) is 49.6 cm³/mol. The number of Topliss-reactive ketones (excluding diaryl/α,β-unsaturated/α-hetero) is 1. The lowest BCUT2D eigenvalue weighted by Gasteiger charge is -2.04. The van der Waals surface area contributed by atoms with Crippen LogP contribution in [0.5, 0.6) is 0 Å². The Balaban J connectivity index is 2.80. The maximum absolute atomic E-state index is 11.5. The standard InChI is InChI=1S/C9H14N2O/c1-5(2)7-9(12)8(6(3)4)11-10-7/h5-6H,1-4H3. The average molecular weight is 166 g/mol. The fourth-order valence-electron chi connectivity index (χ4n) is 1.09. The highest BCUT2D eigenvalue weighted by atomic mass is 16.1. The van der Waals surface area contributed by atoms with Crippen LogP contribution in [0.2, 0.25) is 0 Å². The van der Waals surface area contributed by atoms with Crippen molar-refractivity contribution in [3.63, 3.8) is 0 Å². The first-order valence-electron chi connectivity index (χ1n) is 4.24. The molecule has 0 fully saturated rings. The summed E-state index contributed by atoms with van der Waals surface area (Å²) in [7, 11) is 0. The van der Waals surface area contributed by atoms with Gasteiger partial charge in [0.15, 0.2) is 0 Å². The van der Waals surface area contributed by atoms with Crippen LogP contribution in [0.25, 0.3) is 0 Å². The molecule has 0 radical (unpaired) electrons. The first-order valence-corrected chi connectivity index (χ1v) is 4.24. The van der Waals surface area contributed by atoms with E-state index in [2.05, 4.69) is 10.2 Å². The molecule has 12 heavy (non-hydrogen) atoms. The smallest absolute Gasteiger partial charge is 0.225 e. The number of hydrogen-bond donors (Lipinski definition) is 0. The lowest BCUT2D eigenvalue weighted by molar-refractivity contribution is -0.107. The lowest BCUT2D eigenvalue weighted by Crippen LogP contribution is -2.26. The number of hydrogen-bond acceptors (Lipinski definition) is 3. The Morgan fingerprint density at radius 3 is 1.42 bits per heavy atom. The van der Waals surface area contributed by atoms with E-state index in [-0.39, 0.29) is 17.6 Å². The van der Waals surface area contributed by atoms with Crippen molar-refractivity contribution < 1.29 is 4.79 Å². The van der Waals surface area contributed by atoms with Gasteiger partial charge in [0.25, 0.3) is 0 Å². The zero-order valence-electron chi connectivity index (χ0n) is 7.96. The highest BCUT2D eigenvalue weighted by molar-refractivity contribution is 6.68. The van der Waals surface area contributed by atoms with Crippen LogP contribution in [0.3, 0.4) is 0 Å². The van der Waals surface area contributed by atoms with E-state index in [9.17, 15) is 4.79 Å². The molecule has 66 valence electrons. The summed E-state index contributed by atoms with van der Waals surface area (Å²) in [4.78, 5) is 11.5. The molecule has 3 nitrogen and oxygen atoms in total. The van der Waals surface area contributed by atoms with Crippen molar-refractivity contribution in [3.05, 3.63) is 0 Å². The third kappa shape index (κ3) is 1.44. The van der Waals surface area contributed by atoms with Crippen LogP contribution in [0.4, 0.5) is 0 Å². The summed E-state index contributed by atoms with van der Waals surface area (Å²) in [5.74, 6) is 0.384. The molecule has 0 aromatic carbocycles. The molecule has 0 aromatic rings. The molecule has 0 unspecified atom stereocenters. The Morgan fingerprint density at radius 2 is 1.25 bits per heavy atom. The molecule has 0 saturated carbocycles. The summed E-state index contributed by atoms with van der Waals surface area (Å²) in [6.45, 7) is 7.82. The summed E-state index contributed by atoms with van der Waals surface area (Å²) in [6, 6.07) is 0. The van der Waals surface area contributed by atoms with Gasteiger partial charge in [-0.1, -0.05) is 27.7 Å². The van der Waals surface area contributed by atoms with Crippen molar-refractivity contribution in [2.75, 3.05) is 0 Å². The van der Waals surface area contributed by atoms with Gasteiger partial charge in [-0.05, 0) is 0 Å². The van der Waals surface area contributed by atoms with Crippen molar-refractivity contribution in [1.82, 2.24) is 0 Å². The molecule has 1 aliphatic heterocycles. The van der Waals surface area contributed by atoms with Gasteiger partial charge in [-0.2, -0.15) is 10.2 Å². The molecule has 0 aromatic heterocycles. The Labute approximate surface area is 72.6 Å². The molecule has 0 bridgehead atoms. The monoisotopic (exact) mass is 166 g/mol. The van der Waals surface area contributed by atoms with E-state index in [4.69, 9.17) is 0 Å². The quantitative estimate of drug-likeness (QED) is 0.615. The minimum Gasteiger partial charge on any atom is -0.286 e. The predicted octanol–water partition coefficient (Wildman–Crippen LogP) is 1.68. The van der Waals surface area contributed by atoms with E-state index in [0.29, 0.717) is 11.4 Å². The highest BCUT2D eigenvalue weighted by Crippen LogP contribution is 2.11. The van der Waals surface area contributed by atoms with Gasteiger partial charge in [0, 0.05) is 11.8 Å². The zero-order valence-corrected chi connectivity index (χ0v) is 7.96. The van der Waals surface area contributed by atoms with Crippen LogP contribution in [0.1, 0.15) is 27.7 Å². The van der Waals surface area contributed by atoms with Crippen LogP contribution in [-0.2, 0) is 4.79 Å². The molecule has 3 heteroatoms. The lowest BCUT2D eigenvalue weighted by atomic mass is 9.96. The molecule has 0 amide bonds. The van der Waals surface area contributed by atoms with Crippen LogP contribution in [0, 0.1) is 11.8 Å². The molecule has 1 aliphatic rings. The van der Waals surface area contributed by atoms with Crippen LogP contribution in [-0.4, -0.2) is 17.2 Å². The van der Waals surface area contributed by atoms with Gasteiger partial charge in [0.05, 0.1) is 0 Å². The minimum atomic E-state index is 0.0278. The largest absolute Gasteiger partial charge is 0.286 e. The molecular formula is C9H14N2O. The van der Waals surface area contributed by atoms with E-state index >= 15 is 0 Å². The van der Waals surface area contributed by atoms with E-state index in [1.807, 2.05) is 27.7 Å². The van der Waals surface area contributed by atoms with Crippen molar-refractivity contribution >= 4 is 17.2 Å². The molecule has 0 N–H and O–H groups in total. The van der Waals surface area contributed by atoms with Gasteiger partial charge in [-0.25, -0.2) is 0 Å². The van der Waals surface area contributed by atoms with Gasteiger partial charge in [-0.3, -0.25) is 4.79 Å².